The fourth-order valence-electron chi connectivity index (χ4n) is 5.25. The largest absolute Gasteiger partial charge is 0.457 e. The quantitative estimate of drug-likeness (QED) is 0.0882. The summed E-state index contributed by atoms with van der Waals surface area (Å²) in [5.74, 6) is 0.835. The van der Waals surface area contributed by atoms with Gasteiger partial charge in [-0.3, -0.25) is 9.78 Å². The number of hydrogen-bond acceptors (Lipinski definition) is 5. The van der Waals surface area contributed by atoms with Crippen LogP contribution in [0.25, 0.3) is 11.4 Å². The number of benzene rings is 2. The second-order valence-electron chi connectivity index (χ2n) is 11.3. The number of carbonyl (C=O) groups is 2. The lowest BCUT2D eigenvalue weighted by Crippen LogP contribution is -2.24. The van der Waals surface area contributed by atoms with Crippen LogP contribution in [-0.4, -0.2) is 40.2 Å². The number of nitrogens with zero attached hydrogens (tertiary/aromatic N) is 1. The number of aromatic amines is 1. The molecule has 10 heteroatoms. The lowest BCUT2D eigenvalue weighted by atomic mass is 9.99. The molecule has 0 fully saturated rings. The number of halogens is 1. The minimum atomic E-state index is -0.559. The summed E-state index contributed by atoms with van der Waals surface area (Å²) in [5.41, 5.74) is 4.69. The van der Waals surface area contributed by atoms with Gasteiger partial charge in [0.25, 0.3) is 5.91 Å². The third kappa shape index (κ3) is 9.02. The number of aliphatic hydroxyl groups excluding tert-OH is 1. The Hall–Kier alpha value is -4.96. The van der Waals surface area contributed by atoms with Crippen molar-refractivity contribution in [3.8, 4) is 22.9 Å². The van der Waals surface area contributed by atoms with Crippen LogP contribution in [0.15, 0.2) is 84.7 Å². The summed E-state index contributed by atoms with van der Waals surface area (Å²) < 4.78 is 19.9. The van der Waals surface area contributed by atoms with E-state index in [4.69, 9.17) is 4.74 Å². The van der Waals surface area contributed by atoms with Crippen LogP contribution in [-0.2, 0) is 0 Å². The minimum absolute atomic E-state index is 0.104. The molecule has 0 bridgehead atoms. The molecule has 45 heavy (non-hydrogen) atoms. The maximum atomic E-state index is 14.0. The van der Waals surface area contributed by atoms with Gasteiger partial charge in [0.15, 0.2) is 0 Å². The molecule has 0 saturated heterocycles. The molecule has 1 aliphatic carbocycles. The number of anilines is 2. The molecule has 0 aliphatic heterocycles. The smallest absolute Gasteiger partial charge is 0.323 e. The van der Waals surface area contributed by atoms with Gasteiger partial charge < -0.3 is 30.8 Å². The highest BCUT2D eigenvalue weighted by atomic mass is 19.1. The van der Waals surface area contributed by atoms with E-state index in [1.807, 2.05) is 6.92 Å². The third-order valence-electron chi connectivity index (χ3n) is 7.77. The zero-order chi connectivity index (χ0) is 31.6. The Balaban J connectivity index is 1.10. The van der Waals surface area contributed by atoms with E-state index in [0.29, 0.717) is 46.6 Å². The predicted molar refractivity (Wildman–Crippen MR) is 173 cm³/mol. The van der Waals surface area contributed by atoms with E-state index in [9.17, 15) is 19.1 Å². The Morgan fingerprint density at radius 1 is 1.04 bits per heavy atom. The first kappa shape index (κ1) is 31.5. The average Bonchev–Trinajstić information content (AvgIpc) is 3.43. The number of H-pyrrole nitrogens is 1. The van der Waals surface area contributed by atoms with Gasteiger partial charge >= 0.3 is 6.03 Å². The number of aliphatic hydroxyl groups is 1. The first-order chi connectivity index (χ1) is 21.9. The lowest BCUT2D eigenvalue weighted by molar-refractivity contribution is 0.0953. The molecular weight excluding hydrogens is 573 g/mol. The van der Waals surface area contributed by atoms with Crippen molar-refractivity contribution in [1.82, 2.24) is 15.3 Å². The molecule has 3 amide bonds. The Labute approximate surface area is 261 Å². The van der Waals surface area contributed by atoms with Gasteiger partial charge in [-0.25, -0.2) is 9.18 Å². The fourth-order valence-corrected chi connectivity index (χ4v) is 5.25. The van der Waals surface area contributed by atoms with Crippen LogP contribution in [0.4, 0.5) is 20.6 Å². The van der Waals surface area contributed by atoms with E-state index in [-0.39, 0.29) is 18.2 Å². The maximum absolute atomic E-state index is 14.0. The molecule has 1 aliphatic rings. The van der Waals surface area contributed by atoms with Crippen molar-refractivity contribution in [3.05, 3.63) is 102 Å². The van der Waals surface area contributed by atoms with E-state index >= 15 is 0 Å². The van der Waals surface area contributed by atoms with Crippen LogP contribution in [0.2, 0.25) is 0 Å². The highest BCUT2D eigenvalue weighted by molar-refractivity contribution is 6.00. The summed E-state index contributed by atoms with van der Waals surface area (Å²) in [6, 6.07) is 16.0. The van der Waals surface area contributed by atoms with Crippen LogP contribution < -0.4 is 20.7 Å². The third-order valence-corrected chi connectivity index (χ3v) is 7.77. The first-order valence-corrected chi connectivity index (χ1v) is 15.2. The van der Waals surface area contributed by atoms with Crippen molar-refractivity contribution in [2.24, 2.45) is 5.92 Å². The Bertz CT molecular complexity index is 1650. The van der Waals surface area contributed by atoms with Crippen molar-refractivity contribution in [2.45, 2.75) is 45.4 Å². The van der Waals surface area contributed by atoms with Gasteiger partial charge in [-0.1, -0.05) is 17.7 Å². The van der Waals surface area contributed by atoms with E-state index in [1.165, 1.54) is 11.6 Å². The summed E-state index contributed by atoms with van der Waals surface area (Å²) in [4.78, 5) is 32.6. The average molecular weight is 612 g/mol. The second kappa shape index (κ2) is 15.2. The SMILES string of the molecule is Cc1ccc(F)c(NC(=O)Nc2ccc(Oc3ccnc(-c4cc(C(=O)NCCCC5=CCCC(CO)CC5)c[nH]4)c3)cc2)c1. The van der Waals surface area contributed by atoms with Gasteiger partial charge in [0, 0.05) is 37.3 Å². The normalized spacial score (nSPS) is 14.6. The fraction of sp³-hybridized carbons (Fsp3) is 0.286. The van der Waals surface area contributed by atoms with Gasteiger partial charge in [0.1, 0.15) is 17.3 Å². The molecule has 1 atom stereocenters. The molecule has 4 aromatic rings. The lowest BCUT2D eigenvalue weighted by Gasteiger charge is -2.10. The molecule has 2 aromatic carbocycles. The molecule has 0 saturated carbocycles. The Morgan fingerprint density at radius 3 is 2.71 bits per heavy atom. The molecule has 0 spiro atoms. The molecule has 5 rings (SSSR count). The van der Waals surface area contributed by atoms with Crippen molar-refractivity contribution in [2.75, 3.05) is 23.8 Å². The summed E-state index contributed by atoms with van der Waals surface area (Å²) in [6.07, 6.45) is 11.5. The monoisotopic (exact) mass is 611 g/mol. The first-order valence-electron chi connectivity index (χ1n) is 15.2. The van der Waals surface area contributed by atoms with Crippen molar-refractivity contribution < 1.29 is 23.8 Å². The standard InChI is InChI=1S/C35H38FN5O4/c1-23-7-14-30(36)31(18-23)41-35(44)40-27-10-12-28(13-11-27)45-29-15-17-37-33(20-29)32-19-26(21-39-32)34(43)38-16-3-6-24-4-2-5-25(22-42)9-8-24/h4,7,10-15,17-21,25,39,42H,2-3,5-6,8-9,16,22H2,1H3,(H,38,43)(H2,40,41,44). The highest BCUT2D eigenvalue weighted by Crippen LogP contribution is 2.27. The molecule has 234 valence electrons. The van der Waals surface area contributed by atoms with Crippen molar-refractivity contribution >= 4 is 23.3 Å². The number of amides is 3. The number of urea groups is 1. The molecular formula is C35H38FN5O4. The summed E-state index contributed by atoms with van der Waals surface area (Å²) >= 11 is 0. The van der Waals surface area contributed by atoms with E-state index < -0.39 is 11.8 Å². The van der Waals surface area contributed by atoms with E-state index in [0.717, 1.165) is 44.1 Å². The predicted octanol–water partition coefficient (Wildman–Crippen LogP) is 7.58. The van der Waals surface area contributed by atoms with Gasteiger partial charge in [-0.15, -0.1) is 0 Å². The number of aryl methyl sites for hydroxylation is 1. The van der Waals surface area contributed by atoms with Gasteiger partial charge in [0.05, 0.1) is 22.6 Å². The van der Waals surface area contributed by atoms with Crippen molar-refractivity contribution in [3.63, 3.8) is 0 Å². The highest BCUT2D eigenvalue weighted by Gasteiger charge is 2.14. The molecule has 2 aromatic heterocycles. The summed E-state index contributed by atoms with van der Waals surface area (Å²) in [5, 5.41) is 17.6. The van der Waals surface area contributed by atoms with Crippen LogP contribution >= 0.6 is 0 Å². The summed E-state index contributed by atoms with van der Waals surface area (Å²) in [6.45, 7) is 2.67. The molecule has 9 nitrogen and oxygen atoms in total. The topological polar surface area (TPSA) is 128 Å². The van der Waals surface area contributed by atoms with Crippen LogP contribution in [0.1, 0.15) is 54.4 Å². The second-order valence-corrected chi connectivity index (χ2v) is 11.3. The molecule has 2 heterocycles. The Kier molecular flexibility index (Phi) is 10.6. The zero-order valence-corrected chi connectivity index (χ0v) is 25.2. The summed E-state index contributed by atoms with van der Waals surface area (Å²) in [7, 11) is 0. The molecule has 5 N–H and O–H groups in total. The van der Waals surface area contributed by atoms with Gasteiger partial charge in [0.2, 0.25) is 0 Å². The van der Waals surface area contributed by atoms with E-state index in [2.05, 4.69) is 32.0 Å². The van der Waals surface area contributed by atoms with Crippen LogP contribution in [0, 0.1) is 18.7 Å². The van der Waals surface area contributed by atoms with E-state index in [1.54, 1.807) is 67.0 Å². The maximum Gasteiger partial charge on any atom is 0.323 e. The van der Waals surface area contributed by atoms with Gasteiger partial charge in [-0.2, -0.15) is 0 Å². The number of carbonyl (C=O) groups excluding carboxylic acids is 2. The number of ether oxygens (including phenoxy) is 1. The number of allylic oxidation sites excluding steroid dienone is 2. The van der Waals surface area contributed by atoms with Crippen molar-refractivity contribution in [1.29, 1.82) is 0 Å². The van der Waals surface area contributed by atoms with Crippen LogP contribution in [0.3, 0.4) is 0 Å². The van der Waals surface area contributed by atoms with Crippen LogP contribution in [0.5, 0.6) is 11.5 Å². The minimum Gasteiger partial charge on any atom is -0.457 e. The number of rotatable bonds is 11. The number of aromatic nitrogens is 2. The van der Waals surface area contributed by atoms with Gasteiger partial charge in [-0.05, 0) is 105 Å². The molecule has 0 radical (unpaired) electrons. The number of hydrogen-bond donors (Lipinski definition) is 5. The number of pyridine rings is 1. The molecule has 1 unspecified atom stereocenters. The number of nitrogens with one attached hydrogen (secondary N) is 4. The Morgan fingerprint density at radius 2 is 1.89 bits per heavy atom. The zero-order valence-electron chi connectivity index (χ0n) is 25.2.